The zero-order chi connectivity index (χ0) is 9.23. The van der Waals surface area contributed by atoms with E-state index in [0.29, 0.717) is 0 Å². The Balaban J connectivity index is 0.000000354. The van der Waals surface area contributed by atoms with Crippen molar-refractivity contribution in [1.29, 1.82) is 0 Å². The van der Waals surface area contributed by atoms with E-state index in [2.05, 4.69) is 51.8 Å². The lowest BCUT2D eigenvalue weighted by atomic mass is 10.2. The third kappa shape index (κ3) is 6.38. The van der Waals surface area contributed by atoms with Crippen molar-refractivity contribution in [3.8, 4) is 0 Å². The summed E-state index contributed by atoms with van der Waals surface area (Å²) in [6, 6.07) is 10.5. The van der Waals surface area contributed by atoms with Gasteiger partial charge in [-0.2, -0.15) is 0 Å². The van der Waals surface area contributed by atoms with Crippen molar-refractivity contribution in [2.75, 3.05) is 5.33 Å². The maximum atomic E-state index is 8.57. The number of benzene rings is 1. The third-order valence-corrected chi connectivity index (χ3v) is 1.62. The molecular formula is C9H10BrClO. The van der Waals surface area contributed by atoms with Gasteiger partial charge in [0, 0.05) is 5.33 Å². The van der Waals surface area contributed by atoms with Crippen LogP contribution < -0.4 is 0 Å². The van der Waals surface area contributed by atoms with Crippen molar-refractivity contribution in [3.63, 3.8) is 0 Å². The van der Waals surface area contributed by atoms with E-state index in [0.717, 1.165) is 11.8 Å². The maximum Gasteiger partial charge on any atom is 0.208 e. The maximum absolute atomic E-state index is 8.57. The first kappa shape index (κ1) is 11.7. The molecule has 0 unspecified atom stereocenters. The molecule has 0 atom stereocenters. The fourth-order valence-electron chi connectivity index (χ4n) is 0.754. The lowest BCUT2D eigenvalue weighted by Gasteiger charge is -1.92. The van der Waals surface area contributed by atoms with E-state index in [1.807, 2.05) is 6.07 Å². The van der Waals surface area contributed by atoms with Crippen LogP contribution in [0.5, 0.6) is 0 Å². The second-order valence-corrected chi connectivity index (χ2v) is 2.98. The molecule has 0 saturated carbocycles. The molecule has 1 aromatic rings. The molecule has 0 N–H and O–H groups in total. The largest absolute Gasteiger partial charge is 0.285 e. The van der Waals surface area contributed by atoms with Crippen molar-refractivity contribution in [2.45, 2.75) is 6.42 Å². The number of rotatable bonds is 2. The van der Waals surface area contributed by atoms with Crippen molar-refractivity contribution in [2.24, 2.45) is 0 Å². The van der Waals surface area contributed by atoms with Crippen LogP contribution in [-0.2, 0) is 11.2 Å². The number of carbonyl (C=O) groups is 1. The standard InChI is InChI=1S/C8H9Br.CHClO/c9-7-6-8-4-2-1-3-5-8;2-1-3/h1-5H,6-7H2;1H. The molecule has 0 radical (unpaired) electrons. The van der Waals surface area contributed by atoms with Gasteiger partial charge < -0.3 is 0 Å². The van der Waals surface area contributed by atoms with Gasteiger partial charge in [-0.25, -0.2) is 0 Å². The molecule has 1 rings (SSSR count). The van der Waals surface area contributed by atoms with Crippen LogP contribution in [0.15, 0.2) is 30.3 Å². The van der Waals surface area contributed by atoms with Crippen LogP contribution in [0.1, 0.15) is 5.56 Å². The van der Waals surface area contributed by atoms with Crippen LogP contribution in [0.25, 0.3) is 0 Å². The summed E-state index contributed by atoms with van der Waals surface area (Å²) in [6.45, 7) is 0. The predicted octanol–water partition coefficient (Wildman–Crippen LogP) is 3.04. The second-order valence-electron chi connectivity index (χ2n) is 2.01. The monoisotopic (exact) mass is 248 g/mol. The molecule has 0 fully saturated rings. The molecular weight excluding hydrogens is 239 g/mol. The number of halogens is 2. The van der Waals surface area contributed by atoms with Gasteiger partial charge in [0.1, 0.15) is 0 Å². The van der Waals surface area contributed by atoms with Gasteiger partial charge in [0.15, 0.2) is 0 Å². The highest BCUT2D eigenvalue weighted by Gasteiger charge is 1.85. The fraction of sp³-hybridized carbons (Fsp3) is 0.222. The van der Waals surface area contributed by atoms with Gasteiger partial charge in [-0.3, -0.25) is 4.79 Å². The number of hydrogen-bond donors (Lipinski definition) is 0. The van der Waals surface area contributed by atoms with Crippen LogP contribution in [0.4, 0.5) is 0 Å². The van der Waals surface area contributed by atoms with Gasteiger partial charge in [0.2, 0.25) is 5.75 Å². The molecule has 3 heteroatoms. The molecule has 0 aliphatic heterocycles. The second kappa shape index (κ2) is 8.75. The Labute approximate surface area is 85.9 Å². The van der Waals surface area contributed by atoms with Crippen LogP contribution in [0, 0.1) is 0 Å². The molecule has 1 nitrogen and oxygen atoms in total. The average Bonchev–Trinajstić information content (AvgIpc) is 2.08. The number of carbonyl (C=O) groups excluding carboxylic acids is 1. The van der Waals surface area contributed by atoms with Crippen molar-refractivity contribution in [3.05, 3.63) is 35.9 Å². The van der Waals surface area contributed by atoms with E-state index >= 15 is 0 Å². The molecule has 12 heavy (non-hydrogen) atoms. The summed E-state index contributed by atoms with van der Waals surface area (Å²) in [5.74, 6) is 0.222. The molecule has 0 heterocycles. The van der Waals surface area contributed by atoms with Crippen LogP contribution in [-0.4, -0.2) is 11.1 Å². The molecule has 0 saturated heterocycles. The quantitative estimate of drug-likeness (QED) is 0.447. The van der Waals surface area contributed by atoms with E-state index in [1.54, 1.807) is 0 Å². The lowest BCUT2D eigenvalue weighted by Crippen LogP contribution is -1.82. The van der Waals surface area contributed by atoms with Gasteiger partial charge in [0.25, 0.3) is 0 Å². The number of aryl methyl sites for hydroxylation is 1. The molecule has 1 aromatic carbocycles. The van der Waals surface area contributed by atoms with Crippen LogP contribution in [0.3, 0.4) is 0 Å². The van der Waals surface area contributed by atoms with Crippen molar-refractivity contribution < 1.29 is 4.79 Å². The minimum absolute atomic E-state index is 0.222. The van der Waals surface area contributed by atoms with Gasteiger partial charge in [0.05, 0.1) is 0 Å². The van der Waals surface area contributed by atoms with Crippen LogP contribution in [0.2, 0.25) is 0 Å². The lowest BCUT2D eigenvalue weighted by molar-refractivity contribution is 0.569. The Morgan fingerprint density at radius 2 is 1.83 bits per heavy atom. The summed E-state index contributed by atoms with van der Waals surface area (Å²) in [5.41, 5.74) is 1.40. The Kier molecular flexibility index (Phi) is 8.51. The Morgan fingerprint density at radius 3 is 2.25 bits per heavy atom. The molecule has 0 bridgehead atoms. The summed E-state index contributed by atoms with van der Waals surface area (Å²) in [7, 11) is 0. The first-order chi connectivity index (χ1) is 5.85. The van der Waals surface area contributed by atoms with E-state index in [9.17, 15) is 0 Å². The average molecular weight is 250 g/mol. The first-order valence-corrected chi connectivity index (χ1v) is 5.04. The predicted molar refractivity (Wildman–Crippen MR) is 56.5 cm³/mol. The summed E-state index contributed by atoms with van der Waals surface area (Å²) < 4.78 is 0. The number of alkyl halides is 1. The van der Waals surface area contributed by atoms with E-state index in [1.165, 1.54) is 5.56 Å². The third-order valence-electron chi connectivity index (χ3n) is 1.23. The zero-order valence-corrected chi connectivity index (χ0v) is 8.88. The Hall–Kier alpha value is -0.340. The van der Waals surface area contributed by atoms with Gasteiger partial charge >= 0.3 is 0 Å². The molecule has 0 amide bonds. The zero-order valence-electron chi connectivity index (χ0n) is 6.54. The van der Waals surface area contributed by atoms with E-state index in [4.69, 9.17) is 4.79 Å². The van der Waals surface area contributed by atoms with Gasteiger partial charge in [-0.1, -0.05) is 46.3 Å². The molecule has 0 aromatic heterocycles. The van der Waals surface area contributed by atoms with Crippen LogP contribution >= 0.6 is 27.5 Å². The number of hydrogen-bond acceptors (Lipinski definition) is 1. The molecule has 66 valence electrons. The normalized spacial score (nSPS) is 8.17. The highest BCUT2D eigenvalue weighted by molar-refractivity contribution is 9.09. The van der Waals surface area contributed by atoms with Gasteiger partial charge in [-0.05, 0) is 23.6 Å². The molecule has 0 aliphatic carbocycles. The van der Waals surface area contributed by atoms with Crippen molar-refractivity contribution >= 4 is 33.3 Å². The summed E-state index contributed by atoms with van der Waals surface area (Å²) in [4.78, 5) is 8.57. The minimum atomic E-state index is 0.222. The first-order valence-electron chi connectivity index (χ1n) is 3.49. The molecule has 0 spiro atoms. The summed E-state index contributed by atoms with van der Waals surface area (Å²) >= 11 is 7.70. The highest BCUT2D eigenvalue weighted by Crippen LogP contribution is 2.00. The summed E-state index contributed by atoms with van der Waals surface area (Å²) in [6.07, 6.45) is 1.13. The molecule has 0 aliphatic rings. The topological polar surface area (TPSA) is 17.1 Å². The van der Waals surface area contributed by atoms with E-state index in [-0.39, 0.29) is 5.75 Å². The Morgan fingerprint density at radius 1 is 1.33 bits per heavy atom. The van der Waals surface area contributed by atoms with E-state index < -0.39 is 0 Å². The Bertz CT molecular complexity index is 201. The SMILES string of the molecule is BrCCc1ccccc1.O=CCl. The smallest absolute Gasteiger partial charge is 0.208 e. The minimum Gasteiger partial charge on any atom is -0.285 e. The summed E-state index contributed by atoms with van der Waals surface area (Å²) in [5, 5.41) is 1.05. The fourth-order valence-corrected chi connectivity index (χ4v) is 1.21. The van der Waals surface area contributed by atoms with Gasteiger partial charge in [-0.15, -0.1) is 0 Å². The highest BCUT2D eigenvalue weighted by atomic mass is 79.9. The van der Waals surface area contributed by atoms with Crippen molar-refractivity contribution in [1.82, 2.24) is 0 Å².